The van der Waals surface area contributed by atoms with Crippen LogP contribution in [-0.2, 0) is 5.54 Å². The van der Waals surface area contributed by atoms with E-state index in [9.17, 15) is 5.11 Å². The van der Waals surface area contributed by atoms with Crippen molar-refractivity contribution in [2.45, 2.75) is 76.2 Å². The van der Waals surface area contributed by atoms with Crippen LogP contribution in [0.5, 0.6) is 5.75 Å². The summed E-state index contributed by atoms with van der Waals surface area (Å²) < 4.78 is 0. The minimum absolute atomic E-state index is 0.145. The number of rotatable bonds is 5. The lowest BCUT2D eigenvalue weighted by molar-refractivity contribution is 0.0647. The fourth-order valence-corrected chi connectivity index (χ4v) is 4.89. The molecule has 0 radical (unpaired) electrons. The first-order valence-electron chi connectivity index (χ1n) is 9.71. The first-order chi connectivity index (χ1) is 11.2. The topological polar surface area (TPSA) is 23.5 Å². The lowest BCUT2D eigenvalue weighted by Gasteiger charge is -2.46. The van der Waals surface area contributed by atoms with E-state index in [-0.39, 0.29) is 5.54 Å². The first-order valence-corrected chi connectivity index (χ1v) is 9.71. The summed E-state index contributed by atoms with van der Waals surface area (Å²) in [6, 6.07) is 8.03. The van der Waals surface area contributed by atoms with Gasteiger partial charge in [-0.1, -0.05) is 63.5 Å². The SMILES string of the molecule is CN(CCC1CCCCC1)C1(c2cccc(O)c2)CCCCC1. The monoisotopic (exact) mass is 315 g/mol. The number of benzene rings is 1. The molecule has 1 aromatic rings. The van der Waals surface area contributed by atoms with Crippen LogP contribution in [0.2, 0.25) is 0 Å². The van der Waals surface area contributed by atoms with Gasteiger partial charge in [-0.2, -0.15) is 0 Å². The summed E-state index contributed by atoms with van der Waals surface area (Å²) in [6.45, 7) is 1.19. The molecule has 3 rings (SSSR count). The van der Waals surface area contributed by atoms with Crippen molar-refractivity contribution >= 4 is 0 Å². The van der Waals surface area contributed by atoms with Gasteiger partial charge < -0.3 is 5.11 Å². The molecular formula is C21H33NO. The standard InChI is InChI=1S/C21H33NO/c1-22(16-13-18-9-4-2-5-10-18)21(14-6-3-7-15-21)19-11-8-12-20(23)17-19/h8,11-12,17-18,23H,2-7,9-10,13-16H2,1H3. The van der Waals surface area contributed by atoms with E-state index in [0.717, 1.165) is 5.92 Å². The van der Waals surface area contributed by atoms with E-state index in [4.69, 9.17) is 0 Å². The van der Waals surface area contributed by atoms with Crippen molar-refractivity contribution < 1.29 is 5.11 Å². The molecule has 0 heterocycles. The predicted octanol–water partition coefficient (Wildman–Crippen LogP) is 5.45. The molecule has 1 N–H and O–H groups in total. The highest BCUT2D eigenvalue weighted by molar-refractivity contribution is 5.33. The maximum atomic E-state index is 9.96. The maximum Gasteiger partial charge on any atom is 0.115 e. The highest BCUT2D eigenvalue weighted by Crippen LogP contribution is 2.43. The first kappa shape index (κ1) is 16.8. The van der Waals surface area contributed by atoms with Crippen molar-refractivity contribution in [3.05, 3.63) is 29.8 Å². The van der Waals surface area contributed by atoms with Crippen LogP contribution in [0.25, 0.3) is 0 Å². The molecule has 1 aromatic carbocycles. The predicted molar refractivity (Wildman–Crippen MR) is 96.7 cm³/mol. The van der Waals surface area contributed by atoms with Gasteiger partial charge in [0, 0.05) is 5.54 Å². The molecule has 0 aromatic heterocycles. The van der Waals surface area contributed by atoms with Crippen LogP contribution in [0.1, 0.15) is 76.2 Å². The maximum absolute atomic E-state index is 9.96. The Morgan fingerprint density at radius 2 is 1.74 bits per heavy atom. The molecule has 0 amide bonds. The Kier molecular flexibility index (Phi) is 5.63. The second-order valence-corrected chi connectivity index (χ2v) is 7.86. The van der Waals surface area contributed by atoms with Crippen molar-refractivity contribution in [2.24, 2.45) is 5.92 Å². The fourth-order valence-electron chi connectivity index (χ4n) is 4.89. The molecule has 0 unspecified atom stereocenters. The molecule has 128 valence electrons. The molecule has 2 fully saturated rings. The summed E-state index contributed by atoms with van der Waals surface area (Å²) in [4.78, 5) is 2.62. The fraction of sp³-hybridized carbons (Fsp3) is 0.714. The summed E-state index contributed by atoms with van der Waals surface area (Å²) in [5.74, 6) is 1.35. The summed E-state index contributed by atoms with van der Waals surface area (Å²) in [5, 5.41) is 9.96. The Balaban J connectivity index is 1.72. The zero-order valence-electron chi connectivity index (χ0n) is 14.8. The Morgan fingerprint density at radius 3 is 2.43 bits per heavy atom. The summed E-state index contributed by atoms with van der Waals surface area (Å²) in [7, 11) is 2.32. The smallest absolute Gasteiger partial charge is 0.115 e. The zero-order chi connectivity index (χ0) is 16.1. The normalized spacial score (nSPS) is 22.3. The van der Waals surface area contributed by atoms with Crippen LogP contribution in [-0.4, -0.2) is 23.6 Å². The average Bonchev–Trinajstić information content (AvgIpc) is 2.61. The van der Waals surface area contributed by atoms with Gasteiger partial charge in [0.25, 0.3) is 0 Å². The number of nitrogens with zero attached hydrogens (tertiary/aromatic N) is 1. The van der Waals surface area contributed by atoms with Crippen molar-refractivity contribution in [1.29, 1.82) is 0 Å². The number of hydrogen-bond acceptors (Lipinski definition) is 2. The molecule has 2 heteroatoms. The molecule has 0 saturated heterocycles. The van der Waals surface area contributed by atoms with Crippen molar-refractivity contribution in [3.63, 3.8) is 0 Å². The van der Waals surface area contributed by atoms with Gasteiger partial charge >= 0.3 is 0 Å². The molecule has 0 bridgehead atoms. The second kappa shape index (κ2) is 7.70. The summed E-state index contributed by atoms with van der Waals surface area (Å²) in [5.41, 5.74) is 1.47. The van der Waals surface area contributed by atoms with E-state index in [1.165, 1.54) is 82.7 Å². The Hall–Kier alpha value is -1.02. The van der Waals surface area contributed by atoms with Crippen molar-refractivity contribution in [3.8, 4) is 5.75 Å². The van der Waals surface area contributed by atoms with E-state index in [1.807, 2.05) is 12.1 Å². The zero-order valence-corrected chi connectivity index (χ0v) is 14.8. The van der Waals surface area contributed by atoms with E-state index < -0.39 is 0 Å². The number of phenols is 1. The van der Waals surface area contributed by atoms with E-state index in [1.54, 1.807) is 6.07 Å². The Bertz CT molecular complexity index is 486. The highest BCUT2D eigenvalue weighted by atomic mass is 16.3. The molecule has 2 saturated carbocycles. The van der Waals surface area contributed by atoms with Crippen LogP contribution in [0.3, 0.4) is 0 Å². The molecule has 0 atom stereocenters. The molecule has 23 heavy (non-hydrogen) atoms. The van der Waals surface area contributed by atoms with Gasteiger partial charge in [-0.05, 0) is 56.5 Å². The number of phenolic OH excluding ortho intramolecular Hbond substituents is 1. The lowest BCUT2D eigenvalue weighted by Crippen LogP contribution is -2.46. The van der Waals surface area contributed by atoms with Crippen LogP contribution in [0, 0.1) is 5.92 Å². The average molecular weight is 316 g/mol. The number of aromatic hydroxyl groups is 1. The minimum atomic E-state index is 0.145. The van der Waals surface area contributed by atoms with Gasteiger partial charge in [0.05, 0.1) is 0 Å². The molecule has 0 spiro atoms. The highest BCUT2D eigenvalue weighted by Gasteiger charge is 2.37. The van der Waals surface area contributed by atoms with Gasteiger partial charge in [0.15, 0.2) is 0 Å². The van der Waals surface area contributed by atoms with E-state index >= 15 is 0 Å². The van der Waals surface area contributed by atoms with Gasteiger partial charge in [-0.15, -0.1) is 0 Å². The largest absolute Gasteiger partial charge is 0.508 e. The molecule has 0 aliphatic heterocycles. The Morgan fingerprint density at radius 1 is 1.04 bits per heavy atom. The third-order valence-corrected chi connectivity index (χ3v) is 6.39. The summed E-state index contributed by atoms with van der Waals surface area (Å²) >= 11 is 0. The molecular weight excluding hydrogens is 282 g/mol. The van der Waals surface area contributed by atoms with E-state index in [2.05, 4.69) is 18.0 Å². The second-order valence-electron chi connectivity index (χ2n) is 7.86. The van der Waals surface area contributed by atoms with Gasteiger partial charge in [0.1, 0.15) is 5.75 Å². The molecule has 2 aliphatic rings. The summed E-state index contributed by atoms with van der Waals surface area (Å²) in [6.07, 6.45) is 15.0. The van der Waals surface area contributed by atoms with E-state index in [0.29, 0.717) is 5.75 Å². The van der Waals surface area contributed by atoms with Crippen LogP contribution in [0.4, 0.5) is 0 Å². The van der Waals surface area contributed by atoms with Crippen LogP contribution < -0.4 is 0 Å². The molecule has 2 nitrogen and oxygen atoms in total. The van der Waals surface area contributed by atoms with Crippen molar-refractivity contribution in [2.75, 3.05) is 13.6 Å². The number of hydrogen-bond donors (Lipinski definition) is 1. The van der Waals surface area contributed by atoms with Crippen LogP contribution in [0.15, 0.2) is 24.3 Å². The van der Waals surface area contributed by atoms with Crippen molar-refractivity contribution in [1.82, 2.24) is 4.90 Å². The van der Waals surface area contributed by atoms with Gasteiger partial charge in [-0.25, -0.2) is 0 Å². The quantitative estimate of drug-likeness (QED) is 0.780. The van der Waals surface area contributed by atoms with Gasteiger partial charge in [0.2, 0.25) is 0 Å². The third kappa shape index (κ3) is 3.91. The molecule has 2 aliphatic carbocycles. The van der Waals surface area contributed by atoms with Crippen LogP contribution >= 0.6 is 0 Å². The van der Waals surface area contributed by atoms with Gasteiger partial charge in [-0.3, -0.25) is 4.90 Å². The minimum Gasteiger partial charge on any atom is -0.508 e. The lowest BCUT2D eigenvalue weighted by atomic mass is 9.75. The Labute approximate surface area is 141 Å². The third-order valence-electron chi connectivity index (χ3n) is 6.39.